The van der Waals surface area contributed by atoms with E-state index in [0.717, 1.165) is 17.0 Å². The van der Waals surface area contributed by atoms with Gasteiger partial charge in [-0.15, -0.1) is 0 Å². The number of guanidine groups is 1. The number of benzene rings is 2. The van der Waals surface area contributed by atoms with Crippen LogP contribution in [-0.2, 0) is 19.7 Å². The van der Waals surface area contributed by atoms with Crippen molar-refractivity contribution in [1.29, 1.82) is 0 Å². The van der Waals surface area contributed by atoms with E-state index in [1.807, 2.05) is 49.4 Å². The number of nitrogens with zero attached hydrogens (tertiary/aromatic N) is 2. The second-order valence-corrected chi connectivity index (χ2v) is 6.79. The second-order valence-electron chi connectivity index (χ2n) is 6.79. The van der Waals surface area contributed by atoms with Gasteiger partial charge in [0.25, 0.3) is 0 Å². The Morgan fingerprint density at radius 3 is 2.66 bits per heavy atom. The molecule has 168 valence electrons. The van der Waals surface area contributed by atoms with Gasteiger partial charge in [-0.05, 0) is 42.8 Å². The minimum Gasteiger partial charge on any atom is -0.487 e. The first kappa shape index (κ1) is 23.0. The lowest BCUT2D eigenvalue weighted by Crippen LogP contribution is -2.36. The molecule has 0 saturated carbocycles. The number of rotatable bonds is 10. The molecule has 2 N–H and O–H groups in total. The molecule has 1 heterocycles. The average molecular weight is 440 g/mol. The molecule has 0 aliphatic rings. The third kappa shape index (κ3) is 7.54. The van der Waals surface area contributed by atoms with Gasteiger partial charge in [0.15, 0.2) is 5.96 Å². The van der Waals surface area contributed by atoms with Crippen molar-refractivity contribution in [2.24, 2.45) is 4.99 Å². The van der Waals surface area contributed by atoms with Gasteiger partial charge in [0.1, 0.15) is 18.1 Å². The average Bonchev–Trinajstić information content (AvgIpc) is 2.81. The molecule has 0 aliphatic carbocycles. The van der Waals surface area contributed by atoms with Crippen LogP contribution in [0.3, 0.4) is 0 Å². The van der Waals surface area contributed by atoms with Crippen molar-refractivity contribution in [1.82, 2.24) is 15.6 Å². The summed E-state index contributed by atoms with van der Waals surface area (Å²) in [5.74, 6) is 1.45. The number of aromatic nitrogens is 1. The summed E-state index contributed by atoms with van der Waals surface area (Å²) < 4.78 is 35.6. The molecule has 0 unspecified atom stereocenters. The van der Waals surface area contributed by atoms with E-state index < -0.39 is 6.61 Å². The van der Waals surface area contributed by atoms with Gasteiger partial charge in [0.2, 0.25) is 0 Å². The highest BCUT2D eigenvalue weighted by Crippen LogP contribution is 2.20. The lowest BCUT2D eigenvalue weighted by molar-refractivity contribution is -0.0504. The maximum Gasteiger partial charge on any atom is 0.387 e. The minimum atomic E-state index is -2.87. The zero-order chi connectivity index (χ0) is 22.6. The van der Waals surface area contributed by atoms with Crippen LogP contribution in [0.4, 0.5) is 8.78 Å². The van der Waals surface area contributed by atoms with Gasteiger partial charge >= 0.3 is 6.61 Å². The Hall–Kier alpha value is -3.68. The number of nitrogens with one attached hydrogen (secondary N) is 2. The monoisotopic (exact) mass is 440 g/mol. The Labute approximate surface area is 186 Å². The molecule has 0 atom stereocenters. The quantitative estimate of drug-likeness (QED) is 0.359. The molecule has 2 aromatic carbocycles. The number of aliphatic imine (C=N–C) groups is 1. The summed E-state index contributed by atoms with van der Waals surface area (Å²) in [6.45, 7) is 0.849. The molecule has 0 bridgehead atoms. The van der Waals surface area contributed by atoms with Gasteiger partial charge in [-0.1, -0.05) is 36.4 Å². The fraction of sp³-hybridized carbons (Fsp3) is 0.250. The maximum atomic E-state index is 12.6. The lowest BCUT2D eigenvalue weighted by Gasteiger charge is -2.14. The van der Waals surface area contributed by atoms with Gasteiger partial charge in [-0.3, -0.25) is 4.98 Å². The van der Waals surface area contributed by atoms with Gasteiger partial charge in [0, 0.05) is 24.8 Å². The van der Waals surface area contributed by atoms with Crippen LogP contribution in [0.5, 0.6) is 11.5 Å². The van der Waals surface area contributed by atoms with E-state index in [2.05, 4.69) is 25.3 Å². The van der Waals surface area contributed by atoms with E-state index in [1.54, 1.807) is 24.4 Å². The van der Waals surface area contributed by atoms with Crippen LogP contribution in [0.2, 0.25) is 0 Å². The molecule has 0 fully saturated rings. The van der Waals surface area contributed by atoms with E-state index >= 15 is 0 Å². The first-order valence-electron chi connectivity index (χ1n) is 10.3. The molecule has 0 radical (unpaired) electrons. The summed E-state index contributed by atoms with van der Waals surface area (Å²) in [6.07, 6.45) is 1.73. The van der Waals surface area contributed by atoms with E-state index in [1.165, 1.54) is 6.07 Å². The van der Waals surface area contributed by atoms with Crippen LogP contribution in [0.15, 0.2) is 77.9 Å². The van der Waals surface area contributed by atoms with Gasteiger partial charge in [-0.25, -0.2) is 4.99 Å². The van der Waals surface area contributed by atoms with E-state index in [-0.39, 0.29) is 5.75 Å². The lowest BCUT2D eigenvalue weighted by atomic mass is 10.2. The summed E-state index contributed by atoms with van der Waals surface area (Å²) in [5, 5.41) is 6.31. The summed E-state index contributed by atoms with van der Waals surface area (Å²) in [5.41, 5.74) is 2.44. The molecule has 0 saturated heterocycles. The predicted molar refractivity (Wildman–Crippen MR) is 120 cm³/mol. The molecular formula is C24H26F2N4O2. The third-order valence-electron chi connectivity index (χ3n) is 4.41. The number of ether oxygens (including phenoxy) is 2. The predicted octanol–water partition coefficient (Wildman–Crippen LogP) is 4.52. The van der Waals surface area contributed by atoms with Crippen molar-refractivity contribution in [3.8, 4) is 11.5 Å². The fourth-order valence-corrected chi connectivity index (χ4v) is 2.93. The minimum absolute atomic E-state index is 0.142. The molecule has 0 spiro atoms. The highest BCUT2D eigenvalue weighted by molar-refractivity contribution is 5.79. The van der Waals surface area contributed by atoms with Crippen LogP contribution in [0.25, 0.3) is 0 Å². The van der Waals surface area contributed by atoms with Crippen LogP contribution in [0.1, 0.15) is 23.7 Å². The molecule has 32 heavy (non-hydrogen) atoms. The number of hydrogen-bond acceptors (Lipinski definition) is 4. The second kappa shape index (κ2) is 12.2. The molecule has 6 nitrogen and oxygen atoms in total. The maximum absolute atomic E-state index is 12.6. The van der Waals surface area contributed by atoms with Crippen molar-refractivity contribution >= 4 is 5.96 Å². The zero-order valence-corrected chi connectivity index (χ0v) is 17.8. The first-order chi connectivity index (χ1) is 15.6. The molecular weight excluding hydrogens is 414 g/mol. The number of pyridine rings is 1. The van der Waals surface area contributed by atoms with Gasteiger partial charge < -0.3 is 20.1 Å². The van der Waals surface area contributed by atoms with E-state index in [0.29, 0.717) is 37.8 Å². The molecule has 1 aromatic heterocycles. The third-order valence-corrected chi connectivity index (χ3v) is 4.41. The Bertz CT molecular complexity index is 1000. The van der Waals surface area contributed by atoms with Crippen LogP contribution < -0.4 is 20.1 Å². The van der Waals surface area contributed by atoms with Crippen molar-refractivity contribution < 1.29 is 18.3 Å². The normalized spacial score (nSPS) is 11.3. The number of para-hydroxylation sites is 1. The largest absolute Gasteiger partial charge is 0.487 e. The van der Waals surface area contributed by atoms with Crippen LogP contribution in [-0.4, -0.2) is 24.1 Å². The van der Waals surface area contributed by atoms with Crippen molar-refractivity contribution in [2.45, 2.75) is 33.2 Å². The number of alkyl halides is 2. The first-order valence-corrected chi connectivity index (χ1v) is 10.3. The molecule has 0 amide bonds. The van der Waals surface area contributed by atoms with E-state index in [4.69, 9.17) is 4.74 Å². The van der Waals surface area contributed by atoms with Crippen LogP contribution >= 0.6 is 0 Å². The van der Waals surface area contributed by atoms with Gasteiger partial charge in [-0.2, -0.15) is 8.78 Å². The smallest absolute Gasteiger partial charge is 0.387 e. The topological polar surface area (TPSA) is 67.8 Å². The van der Waals surface area contributed by atoms with Gasteiger partial charge in [0.05, 0.1) is 12.2 Å². The Morgan fingerprint density at radius 1 is 1.03 bits per heavy atom. The standard InChI is InChI=1S/C24H26F2N4O2/c1-2-27-24(30-16-19-9-3-4-12-22(19)32-23(25)26)29-15-18-8-7-11-21(14-18)31-17-20-10-5-6-13-28-20/h3-14,23H,2,15-17H2,1H3,(H2,27,29,30). The van der Waals surface area contributed by atoms with Crippen LogP contribution in [0, 0.1) is 0 Å². The summed E-state index contributed by atoms with van der Waals surface area (Å²) >= 11 is 0. The van der Waals surface area contributed by atoms with E-state index in [9.17, 15) is 8.78 Å². The van der Waals surface area contributed by atoms with Crippen molar-refractivity contribution in [3.63, 3.8) is 0 Å². The number of hydrogen-bond donors (Lipinski definition) is 2. The highest BCUT2D eigenvalue weighted by Gasteiger charge is 2.09. The molecule has 3 aromatic rings. The number of halogens is 2. The molecule has 3 rings (SSSR count). The Morgan fingerprint density at radius 2 is 1.88 bits per heavy atom. The Kier molecular flexibility index (Phi) is 8.80. The SMILES string of the molecule is CCNC(=NCc1cccc(OCc2ccccn2)c1)NCc1ccccc1OC(F)F. The Balaban J connectivity index is 1.60. The summed E-state index contributed by atoms with van der Waals surface area (Å²) in [7, 11) is 0. The fourth-order valence-electron chi connectivity index (χ4n) is 2.93. The van der Waals surface area contributed by atoms with Crippen molar-refractivity contribution in [3.05, 3.63) is 89.7 Å². The zero-order valence-electron chi connectivity index (χ0n) is 17.8. The highest BCUT2D eigenvalue weighted by atomic mass is 19.3. The molecule has 8 heteroatoms. The van der Waals surface area contributed by atoms with Crippen molar-refractivity contribution in [2.75, 3.05) is 6.54 Å². The molecule has 0 aliphatic heterocycles. The summed E-state index contributed by atoms with van der Waals surface area (Å²) in [4.78, 5) is 8.84. The summed E-state index contributed by atoms with van der Waals surface area (Å²) in [6, 6.07) is 20.1.